The van der Waals surface area contributed by atoms with E-state index in [2.05, 4.69) is 0 Å². The Morgan fingerprint density at radius 2 is 1.85 bits per heavy atom. The van der Waals surface area contributed by atoms with E-state index >= 15 is 0 Å². The summed E-state index contributed by atoms with van der Waals surface area (Å²) in [6.07, 6.45) is 2.11. The van der Waals surface area contributed by atoms with Gasteiger partial charge in [-0.3, -0.25) is 9.69 Å². The van der Waals surface area contributed by atoms with Crippen LogP contribution in [0, 0.1) is 0 Å². The predicted octanol–water partition coefficient (Wildman–Crippen LogP) is 3.83. The molecule has 0 aliphatic carbocycles. The monoisotopic (exact) mass is 376 g/mol. The van der Waals surface area contributed by atoms with Gasteiger partial charge in [0.2, 0.25) is 5.91 Å². The lowest BCUT2D eigenvalue weighted by Gasteiger charge is -2.38. The lowest BCUT2D eigenvalue weighted by molar-refractivity contribution is -0.138. The molecule has 27 heavy (non-hydrogen) atoms. The van der Waals surface area contributed by atoms with Gasteiger partial charge < -0.3 is 14.4 Å². The van der Waals surface area contributed by atoms with Crippen molar-refractivity contribution in [3.8, 4) is 5.75 Å². The van der Waals surface area contributed by atoms with Crippen LogP contribution in [0.1, 0.15) is 52.5 Å². The number of ether oxygens (including phenoxy) is 2. The van der Waals surface area contributed by atoms with Crippen molar-refractivity contribution in [2.75, 3.05) is 20.2 Å². The van der Waals surface area contributed by atoms with Crippen molar-refractivity contribution < 1.29 is 19.1 Å². The van der Waals surface area contributed by atoms with Gasteiger partial charge in [-0.05, 0) is 64.7 Å². The van der Waals surface area contributed by atoms with Gasteiger partial charge in [0.25, 0.3) is 0 Å². The van der Waals surface area contributed by atoms with E-state index in [1.807, 2.05) is 52.0 Å². The molecule has 1 aliphatic heterocycles. The maximum atomic E-state index is 13.2. The van der Waals surface area contributed by atoms with Crippen LogP contribution in [0.3, 0.4) is 0 Å². The first-order valence-electron chi connectivity index (χ1n) is 9.66. The highest BCUT2D eigenvalue weighted by Crippen LogP contribution is 2.23. The van der Waals surface area contributed by atoms with E-state index in [9.17, 15) is 9.59 Å². The number of hydrogen-bond acceptors (Lipinski definition) is 4. The maximum Gasteiger partial charge on any atom is 0.410 e. The fourth-order valence-electron chi connectivity index (χ4n) is 3.24. The fraction of sp³-hybridized carbons (Fsp3) is 0.619. The number of piperidine rings is 1. The predicted molar refractivity (Wildman–Crippen MR) is 105 cm³/mol. The van der Waals surface area contributed by atoms with Crippen molar-refractivity contribution in [1.29, 1.82) is 0 Å². The van der Waals surface area contributed by atoms with Gasteiger partial charge in [-0.1, -0.05) is 12.1 Å². The molecule has 150 valence electrons. The summed E-state index contributed by atoms with van der Waals surface area (Å²) in [7, 11) is 1.63. The number of nitrogens with zero attached hydrogens (tertiary/aromatic N) is 2. The molecule has 2 rings (SSSR count). The summed E-state index contributed by atoms with van der Waals surface area (Å²) in [4.78, 5) is 29.2. The molecule has 1 aromatic rings. The van der Waals surface area contributed by atoms with Gasteiger partial charge in [0.1, 0.15) is 17.4 Å². The zero-order valence-corrected chi connectivity index (χ0v) is 17.2. The minimum absolute atomic E-state index is 0.0149. The lowest BCUT2D eigenvalue weighted by Crippen LogP contribution is -2.53. The zero-order chi connectivity index (χ0) is 20.0. The van der Waals surface area contributed by atoms with Gasteiger partial charge in [-0.25, -0.2) is 4.79 Å². The summed E-state index contributed by atoms with van der Waals surface area (Å²) in [6, 6.07) is 7.25. The van der Waals surface area contributed by atoms with Crippen molar-refractivity contribution in [3.63, 3.8) is 0 Å². The molecule has 1 heterocycles. The van der Waals surface area contributed by atoms with Gasteiger partial charge in [0.15, 0.2) is 0 Å². The van der Waals surface area contributed by atoms with Gasteiger partial charge in [0, 0.05) is 19.6 Å². The standard InChI is InChI=1S/C21H32N2O4/c1-6-22(15-16-10-12-17(26-5)13-11-16)19(24)18-9-7-8-14-23(18)20(25)27-21(2,3)4/h10-13,18H,6-9,14-15H2,1-5H3/t18-/m0/s1. The molecule has 0 N–H and O–H groups in total. The molecule has 2 amide bonds. The second-order valence-corrected chi connectivity index (χ2v) is 7.89. The first kappa shape index (κ1) is 21.1. The summed E-state index contributed by atoms with van der Waals surface area (Å²) in [6.45, 7) is 9.14. The molecule has 1 fully saturated rings. The smallest absolute Gasteiger partial charge is 0.410 e. The van der Waals surface area contributed by atoms with Crippen LogP contribution in [0.5, 0.6) is 5.75 Å². The van der Waals surface area contributed by atoms with Crippen molar-refractivity contribution in [1.82, 2.24) is 9.80 Å². The van der Waals surface area contributed by atoms with Crippen LogP contribution in [0.15, 0.2) is 24.3 Å². The van der Waals surface area contributed by atoms with Crippen molar-refractivity contribution >= 4 is 12.0 Å². The van der Waals surface area contributed by atoms with E-state index in [4.69, 9.17) is 9.47 Å². The van der Waals surface area contributed by atoms with Crippen LogP contribution >= 0.6 is 0 Å². The summed E-state index contributed by atoms with van der Waals surface area (Å²) in [5.41, 5.74) is 0.459. The van der Waals surface area contributed by atoms with Gasteiger partial charge in [-0.15, -0.1) is 0 Å². The summed E-state index contributed by atoms with van der Waals surface area (Å²) < 4.78 is 10.7. The number of carbonyl (C=O) groups is 2. The summed E-state index contributed by atoms with van der Waals surface area (Å²) >= 11 is 0. The molecule has 6 heteroatoms. The van der Waals surface area contributed by atoms with E-state index < -0.39 is 17.7 Å². The molecule has 6 nitrogen and oxygen atoms in total. The number of carbonyl (C=O) groups excluding carboxylic acids is 2. The molecule has 0 unspecified atom stereocenters. The molecular weight excluding hydrogens is 344 g/mol. The molecule has 1 aliphatic rings. The van der Waals surface area contributed by atoms with Crippen LogP contribution in [-0.2, 0) is 16.1 Å². The highest BCUT2D eigenvalue weighted by Gasteiger charge is 2.36. The molecule has 0 spiro atoms. The molecule has 1 aromatic carbocycles. The van der Waals surface area contributed by atoms with Crippen LogP contribution in [0.25, 0.3) is 0 Å². The molecule has 0 bridgehead atoms. The van der Waals surface area contributed by atoms with Gasteiger partial charge in [-0.2, -0.15) is 0 Å². The Hall–Kier alpha value is -2.24. The van der Waals surface area contributed by atoms with E-state index in [0.29, 0.717) is 26.1 Å². The third kappa shape index (κ3) is 5.88. The van der Waals surface area contributed by atoms with Crippen LogP contribution in [-0.4, -0.2) is 53.6 Å². The molecule has 0 saturated carbocycles. The Morgan fingerprint density at radius 3 is 2.41 bits per heavy atom. The van der Waals surface area contributed by atoms with Crippen LogP contribution in [0.4, 0.5) is 4.79 Å². The average Bonchev–Trinajstić information content (AvgIpc) is 2.64. The van der Waals surface area contributed by atoms with Gasteiger partial charge >= 0.3 is 6.09 Å². The molecular formula is C21H32N2O4. The number of benzene rings is 1. The number of methoxy groups -OCH3 is 1. The summed E-state index contributed by atoms with van der Waals surface area (Å²) in [5.74, 6) is 0.774. The Kier molecular flexibility index (Phi) is 7.11. The SMILES string of the molecule is CCN(Cc1ccc(OC)cc1)C(=O)[C@@H]1CCCCN1C(=O)OC(C)(C)C. The van der Waals surface area contributed by atoms with Crippen molar-refractivity contribution in [2.24, 2.45) is 0 Å². The average molecular weight is 376 g/mol. The second-order valence-electron chi connectivity index (χ2n) is 7.89. The highest BCUT2D eigenvalue weighted by molar-refractivity contribution is 5.86. The Balaban J connectivity index is 2.11. The lowest BCUT2D eigenvalue weighted by atomic mass is 10.0. The fourth-order valence-corrected chi connectivity index (χ4v) is 3.24. The largest absolute Gasteiger partial charge is 0.497 e. The van der Waals surface area contributed by atoms with Crippen molar-refractivity contribution in [3.05, 3.63) is 29.8 Å². The molecule has 1 saturated heterocycles. The molecule has 0 aromatic heterocycles. The number of hydrogen-bond donors (Lipinski definition) is 0. The van der Waals surface area contributed by atoms with Crippen LogP contribution < -0.4 is 4.74 Å². The number of likely N-dealkylation sites (N-methyl/N-ethyl adjacent to an activating group) is 1. The second kappa shape index (κ2) is 9.11. The minimum Gasteiger partial charge on any atom is -0.497 e. The number of amides is 2. The summed E-state index contributed by atoms with van der Waals surface area (Å²) in [5, 5.41) is 0. The normalized spacial score (nSPS) is 17.4. The van der Waals surface area contributed by atoms with Crippen LogP contribution in [0.2, 0.25) is 0 Å². The first-order chi connectivity index (χ1) is 12.7. The van der Waals surface area contributed by atoms with E-state index in [-0.39, 0.29) is 5.91 Å². The zero-order valence-electron chi connectivity index (χ0n) is 17.2. The molecule has 0 radical (unpaired) electrons. The minimum atomic E-state index is -0.574. The van der Waals surface area contributed by atoms with E-state index in [0.717, 1.165) is 24.2 Å². The number of rotatable bonds is 5. The van der Waals surface area contributed by atoms with Gasteiger partial charge in [0.05, 0.1) is 7.11 Å². The maximum absolute atomic E-state index is 13.2. The highest BCUT2D eigenvalue weighted by atomic mass is 16.6. The topological polar surface area (TPSA) is 59.1 Å². The third-order valence-electron chi connectivity index (χ3n) is 4.64. The number of likely N-dealkylation sites (tertiary alicyclic amines) is 1. The third-order valence-corrected chi connectivity index (χ3v) is 4.64. The van der Waals surface area contributed by atoms with E-state index in [1.54, 1.807) is 16.9 Å². The quantitative estimate of drug-likeness (QED) is 0.784. The Morgan fingerprint density at radius 1 is 1.19 bits per heavy atom. The Bertz CT molecular complexity index is 637. The Labute approximate surface area is 162 Å². The first-order valence-corrected chi connectivity index (χ1v) is 9.66. The van der Waals surface area contributed by atoms with E-state index in [1.165, 1.54) is 0 Å². The van der Waals surface area contributed by atoms with Crippen molar-refractivity contribution in [2.45, 2.75) is 65.1 Å². The molecule has 1 atom stereocenters.